The summed E-state index contributed by atoms with van der Waals surface area (Å²) in [5.41, 5.74) is 2.20. The van der Waals surface area contributed by atoms with E-state index in [2.05, 4.69) is 15.3 Å². The first-order valence-corrected chi connectivity index (χ1v) is 7.34. The number of thiazole rings is 1. The number of aromatic nitrogens is 2. The van der Waals surface area contributed by atoms with Crippen molar-refractivity contribution in [3.05, 3.63) is 52.4 Å². The Morgan fingerprint density at radius 3 is 2.74 bits per heavy atom. The second-order valence-electron chi connectivity index (χ2n) is 3.74. The molecule has 0 atom stereocenters. The lowest BCUT2D eigenvalue weighted by Gasteiger charge is -2.01. The smallest absolute Gasteiger partial charge is 0.275 e. The molecule has 0 saturated heterocycles. The van der Waals surface area contributed by atoms with Crippen LogP contribution < -0.4 is 5.32 Å². The SMILES string of the molecule is O=C(Nc1ccncc1)c1csc(-c2ccsc2)n1. The van der Waals surface area contributed by atoms with E-state index < -0.39 is 0 Å². The molecule has 0 spiro atoms. The molecule has 1 N–H and O–H groups in total. The lowest BCUT2D eigenvalue weighted by Crippen LogP contribution is -2.12. The molecular formula is C13H9N3OS2. The summed E-state index contributed by atoms with van der Waals surface area (Å²) in [6.45, 7) is 0. The summed E-state index contributed by atoms with van der Waals surface area (Å²) in [6, 6.07) is 5.47. The average Bonchev–Trinajstić information content (AvgIpc) is 3.11. The van der Waals surface area contributed by atoms with Crippen LogP contribution in [0.3, 0.4) is 0 Å². The zero-order valence-corrected chi connectivity index (χ0v) is 11.4. The van der Waals surface area contributed by atoms with Crippen LogP contribution in [0.2, 0.25) is 0 Å². The van der Waals surface area contributed by atoms with E-state index >= 15 is 0 Å². The van der Waals surface area contributed by atoms with Gasteiger partial charge in [-0.25, -0.2) is 4.98 Å². The Hall–Kier alpha value is -2.05. The molecule has 1 amide bonds. The number of rotatable bonds is 3. The van der Waals surface area contributed by atoms with E-state index in [9.17, 15) is 4.79 Å². The van der Waals surface area contributed by atoms with Crippen molar-refractivity contribution in [2.24, 2.45) is 0 Å². The Bertz CT molecular complexity index is 677. The number of anilines is 1. The van der Waals surface area contributed by atoms with Crippen molar-refractivity contribution >= 4 is 34.3 Å². The Labute approximate surface area is 117 Å². The number of thiophene rings is 1. The second kappa shape index (κ2) is 5.29. The minimum atomic E-state index is -0.205. The fourth-order valence-electron chi connectivity index (χ4n) is 1.53. The first-order chi connectivity index (χ1) is 9.33. The van der Waals surface area contributed by atoms with Crippen LogP contribution in [-0.4, -0.2) is 15.9 Å². The topological polar surface area (TPSA) is 54.9 Å². The Kier molecular flexibility index (Phi) is 3.35. The number of hydrogen-bond donors (Lipinski definition) is 1. The van der Waals surface area contributed by atoms with Crippen LogP contribution in [-0.2, 0) is 0 Å². The summed E-state index contributed by atoms with van der Waals surface area (Å²) in [6.07, 6.45) is 3.26. The van der Waals surface area contributed by atoms with Crippen molar-refractivity contribution < 1.29 is 4.79 Å². The number of amides is 1. The van der Waals surface area contributed by atoms with Crippen molar-refractivity contribution in [2.75, 3.05) is 5.32 Å². The largest absolute Gasteiger partial charge is 0.321 e. The van der Waals surface area contributed by atoms with Crippen LogP contribution in [0.25, 0.3) is 10.6 Å². The second-order valence-corrected chi connectivity index (χ2v) is 5.38. The molecule has 0 fully saturated rings. The van der Waals surface area contributed by atoms with Gasteiger partial charge in [0.05, 0.1) is 0 Å². The fourth-order valence-corrected chi connectivity index (χ4v) is 3.04. The summed E-state index contributed by atoms with van der Waals surface area (Å²) < 4.78 is 0. The maximum absolute atomic E-state index is 12.0. The molecule has 0 aliphatic carbocycles. The number of hydrogen-bond acceptors (Lipinski definition) is 5. The quantitative estimate of drug-likeness (QED) is 0.802. The van der Waals surface area contributed by atoms with Gasteiger partial charge in [-0.15, -0.1) is 11.3 Å². The number of carbonyl (C=O) groups is 1. The molecule has 19 heavy (non-hydrogen) atoms. The van der Waals surface area contributed by atoms with Crippen LogP contribution in [0.4, 0.5) is 5.69 Å². The molecule has 3 heterocycles. The van der Waals surface area contributed by atoms with Crippen molar-refractivity contribution in [1.82, 2.24) is 9.97 Å². The molecule has 0 saturated carbocycles. The summed E-state index contributed by atoms with van der Waals surface area (Å²) >= 11 is 3.08. The standard InChI is InChI=1S/C13H9N3OS2/c17-12(15-10-1-4-14-5-2-10)11-8-19-13(16-11)9-3-6-18-7-9/h1-8H,(H,14,15,17). The van der Waals surface area contributed by atoms with Gasteiger partial charge in [-0.1, -0.05) is 0 Å². The predicted octanol–water partition coefficient (Wildman–Crippen LogP) is 3.52. The lowest BCUT2D eigenvalue weighted by atomic mass is 10.3. The fraction of sp³-hybridized carbons (Fsp3) is 0. The molecule has 4 nitrogen and oxygen atoms in total. The average molecular weight is 287 g/mol. The molecular weight excluding hydrogens is 278 g/mol. The maximum atomic E-state index is 12.0. The van der Waals surface area contributed by atoms with Crippen molar-refractivity contribution in [1.29, 1.82) is 0 Å². The number of nitrogens with zero attached hydrogens (tertiary/aromatic N) is 2. The molecule has 0 unspecified atom stereocenters. The van der Waals surface area contributed by atoms with Crippen LogP contribution in [0.1, 0.15) is 10.5 Å². The van der Waals surface area contributed by atoms with Crippen molar-refractivity contribution in [3.8, 4) is 10.6 Å². The van der Waals surface area contributed by atoms with Gasteiger partial charge in [-0.05, 0) is 23.6 Å². The molecule has 94 valence electrons. The van der Waals surface area contributed by atoms with E-state index in [0.29, 0.717) is 11.4 Å². The van der Waals surface area contributed by atoms with Crippen LogP contribution in [0.15, 0.2) is 46.7 Å². The summed E-state index contributed by atoms with van der Waals surface area (Å²) in [5.74, 6) is -0.205. The van der Waals surface area contributed by atoms with E-state index in [1.54, 1.807) is 41.2 Å². The number of pyridine rings is 1. The number of nitrogens with one attached hydrogen (secondary N) is 1. The van der Waals surface area contributed by atoms with Gasteiger partial charge in [-0.3, -0.25) is 9.78 Å². The molecule has 3 rings (SSSR count). The van der Waals surface area contributed by atoms with Crippen LogP contribution in [0, 0.1) is 0 Å². The minimum absolute atomic E-state index is 0.205. The van der Waals surface area contributed by atoms with E-state index in [0.717, 1.165) is 10.6 Å². The minimum Gasteiger partial charge on any atom is -0.321 e. The van der Waals surface area contributed by atoms with E-state index in [-0.39, 0.29) is 5.91 Å². The normalized spacial score (nSPS) is 10.3. The lowest BCUT2D eigenvalue weighted by molar-refractivity contribution is 0.102. The Morgan fingerprint density at radius 2 is 2.00 bits per heavy atom. The third-order valence-corrected chi connectivity index (χ3v) is 4.02. The van der Waals surface area contributed by atoms with E-state index in [1.165, 1.54) is 11.3 Å². The van der Waals surface area contributed by atoms with Crippen LogP contribution in [0.5, 0.6) is 0 Å². The third-order valence-electron chi connectivity index (χ3n) is 2.44. The van der Waals surface area contributed by atoms with Gasteiger partial charge < -0.3 is 5.32 Å². The maximum Gasteiger partial charge on any atom is 0.275 e. The highest BCUT2D eigenvalue weighted by Gasteiger charge is 2.12. The predicted molar refractivity (Wildman–Crippen MR) is 77.6 cm³/mol. The molecule has 6 heteroatoms. The molecule has 3 aromatic heterocycles. The van der Waals surface area contributed by atoms with Gasteiger partial charge in [0.1, 0.15) is 10.7 Å². The molecule has 0 aliphatic heterocycles. The summed E-state index contributed by atoms with van der Waals surface area (Å²) in [5, 5.41) is 9.42. The van der Waals surface area contributed by atoms with E-state index in [1.807, 2.05) is 16.8 Å². The van der Waals surface area contributed by atoms with Gasteiger partial charge in [0.25, 0.3) is 5.91 Å². The molecule has 0 aromatic carbocycles. The molecule has 0 bridgehead atoms. The summed E-state index contributed by atoms with van der Waals surface area (Å²) in [7, 11) is 0. The van der Waals surface area contributed by atoms with Crippen molar-refractivity contribution in [3.63, 3.8) is 0 Å². The van der Waals surface area contributed by atoms with Gasteiger partial charge in [0.15, 0.2) is 0 Å². The molecule has 3 aromatic rings. The van der Waals surface area contributed by atoms with Gasteiger partial charge in [0.2, 0.25) is 0 Å². The van der Waals surface area contributed by atoms with Crippen LogP contribution >= 0.6 is 22.7 Å². The van der Waals surface area contributed by atoms with E-state index in [4.69, 9.17) is 0 Å². The van der Waals surface area contributed by atoms with Gasteiger partial charge in [-0.2, -0.15) is 11.3 Å². The summed E-state index contributed by atoms with van der Waals surface area (Å²) in [4.78, 5) is 20.3. The highest BCUT2D eigenvalue weighted by molar-refractivity contribution is 7.14. The monoisotopic (exact) mass is 287 g/mol. The van der Waals surface area contributed by atoms with Gasteiger partial charge in [0, 0.05) is 34.4 Å². The molecule has 0 aliphatic rings. The molecule has 0 radical (unpaired) electrons. The zero-order chi connectivity index (χ0) is 13.1. The number of carbonyl (C=O) groups excluding carboxylic acids is 1. The first-order valence-electron chi connectivity index (χ1n) is 5.52. The first kappa shape index (κ1) is 12.0. The van der Waals surface area contributed by atoms with Crippen molar-refractivity contribution in [2.45, 2.75) is 0 Å². The van der Waals surface area contributed by atoms with Gasteiger partial charge >= 0.3 is 0 Å². The third kappa shape index (κ3) is 2.69. The highest BCUT2D eigenvalue weighted by Crippen LogP contribution is 2.25. The highest BCUT2D eigenvalue weighted by atomic mass is 32.1. The Morgan fingerprint density at radius 1 is 1.16 bits per heavy atom. The zero-order valence-electron chi connectivity index (χ0n) is 9.74. The Balaban J connectivity index is 1.78.